The van der Waals surface area contributed by atoms with Gasteiger partial charge in [-0.05, 0) is 0 Å². The van der Waals surface area contributed by atoms with Crippen LogP contribution in [-0.2, 0) is 38.1 Å². The maximum absolute atomic E-state index is 9.74. The van der Waals surface area contributed by atoms with Crippen molar-refractivity contribution < 1.29 is 16.4 Å². The Labute approximate surface area is 446 Å². The van der Waals surface area contributed by atoms with Gasteiger partial charge in [0.05, 0.1) is 0 Å². The fourth-order valence-corrected chi connectivity index (χ4v) is 40.8. The standard InChI is InChI=1S/2C28H37.C12H9Si.2ClH.Zr/c2*1-10-18(2)21-13-20-12-11-19(3)26(25(20)16-21)22-14-23(27(4,5)6)17-24(15-22)28(7,8)9;1-3-7-11-9(5-1)10-6-2-4-8-12(10)13-11;;;/h2*11-18H,10H2,1-9H3;1-7H,13H2;2*1H;/q;;;;;+2/p-2. The quantitative estimate of drug-likeness (QED) is 0.126. The number of fused-ring (bicyclic) bond motifs is 5. The van der Waals surface area contributed by atoms with Crippen molar-refractivity contribution in [3.63, 3.8) is 0 Å². The van der Waals surface area contributed by atoms with E-state index in [4.69, 9.17) is 0 Å². The monoisotopic (exact) mass is 1090 g/mol. The van der Waals surface area contributed by atoms with Crippen LogP contribution in [0.15, 0.2) is 114 Å². The van der Waals surface area contributed by atoms with Crippen LogP contribution in [0.2, 0.25) is 0 Å². The molecule has 4 unspecified atom stereocenters. The molecule has 72 heavy (non-hydrogen) atoms. The molecule has 1 aliphatic heterocycles. The third kappa shape index (κ3) is 8.85. The summed E-state index contributed by atoms with van der Waals surface area (Å²) >= 11 is -5.89. The van der Waals surface area contributed by atoms with Crippen molar-refractivity contribution in [3.8, 4) is 33.4 Å². The third-order valence-electron chi connectivity index (χ3n) is 17.6. The summed E-state index contributed by atoms with van der Waals surface area (Å²) in [4.78, 5) is 0. The normalized spacial score (nSPS) is 18.5. The molecule has 0 fully saturated rings. The van der Waals surface area contributed by atoms with Crippen LogP contribution in [0.25, 0.3) is 45.5 Å². The Balaban J connectivity index is 1.41. The molecule has 6 aromatic rings. The second kappa shape index (κ2) is 18.4. The van der Waals surface area contributed by atoms with Gasteiger partial charge in [-0.15, -0.1) is 0 Å². The first-order chi connectivity index (χ1) is 33.5. The second-order valence-electron chi connectivity index (χ2n) is 26.7. The minimum atomic E-state index is -5.89. The molecule has 3 aliphatic rings. The van der Waals surface area contributed by atoms with E-state index in [0.717, 1.165) is 12.8 Å². The Hall–Kier alpha value is -3.52. The van der Waals surface area contributed by atoms with Crippen LogP contribution in [-0.4, -0.2) is 9.52 Å². The molecular formula is C68H83Cl2SiZr. The van der Waals surface area contributed by atoms with Gasteiger partial charge in [-0.25, -0.2) is 0 Å². The molecule has 0 nitrogen and oxygen atoms in total. The number of benzene rings is 6. The predicted octanol–water partition coefficient (Wildman–Crippen LogP) is 17.9. The first-order valence-corrected chi connectivity index (χ1v) is 39.1. The molecule has 6 aromatic carbocycles. The van der Waals surface area contributed by atoms with Crippen LogP contribution in [0.5, 0.6) is 0 Å². The van der Waals surface area contributed by atoms with E-state index in [1.807, 2.05) is 0 Å². The van der Waals surface area contributed by atoms with E-state index >= 15 is 0 Å². The number of allylic oxidation sites excluding steroid dienone is 2. The number of hydrogen-bond donors (Lipinski definition) is 0. The van der Waals surface area contributed by atoms with Gasteiger partial charge in [-0.2, -0.15) is 0 Å². The van der Waals surface area contributed by atoms with Crippen molar-refractivity contribution in [2.75, 3.05) is 0 Å². The Morgan fingerprint density at radius 1 is 0.500 bits per heavy atom. The van der Waals surface area contributed by atoms with Gasteiger partial charge in [-0.3, -0.25) is 0 Å². The van der Waals surface area contributed by atoms with E-state index in [1.165, 1.54) is 114 Å². The van der Waals surface area contributed by atoms with Gasteiger partial charge >= 0.3 is 450 Å². The van der Waals surface area contributed by atoms with Crippen molar-refractivity contribution in [3.05, 3.63) is 170 Å². The number of halogens is 2. The molecule has 4 heteroatoms. The zero-order valence-corrected chi connectivity index (χ0v) is 52.5. The first kappa shape index (κ1) is 53.3. The number of hydrogen-bond acceptors (Lipinski definition) is 0. The van der Waals surface area contributed by atoms with Crippen molar-refractivity contribution in [1.29, 1.82) is 0 Å². The van der Waals surface area contributed by atoms with Crippen LogP contribution in [0.3, 0.4) is 0 Å². The molecule has 0 radical (unpaired) electrons. The maximum atomic E-state index is 9.74. The van der Waals surface area contributed by atoms with E-state index in [9.17, 15) is 17.0 Å². The molecule has 0 saturated heterocycles. The summed E-state index contributed by atoms with van der Waals surface area (Å²) in [5, 5.41) is 2.97. The molecule has 0 bridgehead atoms. The summed E-state index contributed by atoms with van der Waals surface area (Å²) in [6.07, 6.45) is 7.23. The van der Waals surface area contributed by atoms with E-state index in [0.29, 0.717) is 0 Å². The zero-order valence-electron chi connectivity index (χ0n) is 47.2. The molecule has 0 amide bonds. The summed E-state index contributed by atoms with van der Waals surface area (Å²) in [5.74, 6) is 0.527. The van der Waals surface area contributed by atoms with E-state index in [-0.39, 0.29) is 40.7 Å². The average Bonchev–Trinajstić information content (AvgIpc) is 4.02. The number of aryl methyl sites for hydroxylation is 2. The van der Waals surface area contributed by atoms with Gasteiger partial charge < -0.3 is 0 Å². The average molecular weight is 1090 g/mol. The molecular weight excluding hydrogens is 1010 g/mol. The van der Waals surface area contributed by atoms with Gasteiger partial charge in [0.1, 0.15) is 0 Å². The summed E-state index contributed by atoms with van der Waals surface area (Å²) < 4.78 is 1.00. The second-order valence-corrected chi connectivity index (χ2v) is 49.1. The molecule has 1 heterocycles. The van der Waals surface area contributed by atoms with Gasteiger partial charge in [0.2, 0.25) is 0 Å². The van der Waals surface area contributed by atoms with Crippen LogP contribution in [0.4, 0.5) is 0 Å². The topological polar surface area (TPSA) is 0 Å². The molecule has 0 spiro atoms. The van der Waals surface area contributed by atoms with Crippen LogP contribution >= 0.6 is 17.0 Å². The Morgan fingerprint density at radius 2 is 0.889 bits per heavy atom. The third-order valence-corrected chi connectivity index (χ3v) is 40.2. The fourth-order valence-electron chi connectivity index (χ4n) is 12.8. The Kier molecular flexibility index (Phi) is 13.6. The van der Waals surface area contributed by atoms with E-state index < -0.39 is 25.9 Å². The van der Waals surface area contributed by atoms with Crippen molar-refractivity contribution in [2.45, 2.75) is 166 Å². The van der Waals surface area contributed by atoms with Crippen LogP contribution < -0.4 is 13.6 Å². The minimum absolute atomic E-state index is 0.0205. The molecule has 377 valence electrons. The first-order valence-electron chi connectivity index (χ1n) is 27.3. The molecule has 0 N–H and O–H groups in total. The zero-order chi connectivity index (χ0) is 52.4. The van der Waals surface area contributed by atoms with Gasteiger partial charge in [0, 0.05) is 0 Å². The molecule has 4 atom stereocenters. The molecule has 2 aliphatic carbocycles. The number of rotatable bonds is 9. The molecule has 9 rings (SSSR count). The summed E-state index contributed by atoms with van der Waals surface area (Å²) in [6.45, 7) is 42.5. The van der Waals surface area contributed by atoms with Gasteiger partial charge in [-0.1, -0.05) is 0 Å². The van der Waals surface area contributed by atoms with E-state index in [2.05, 4.69) is 240 Å². The van der Waals surface area contributed by atoms with Gasteiger partial charge in [0.25, 0.3) is 0 Å². The van der Waals surface area contributed by atoms with Crippen LogP contribution in [0, 0.1) is 25.7 Å². The van der Waals surface area contributed by atoms with E-state index in [1.54, 1.807) is 0 Å². The molecule has 0 saturated carbocycles. The van der Waals surface area contributed by atoms with Gasteiger partial charge in [0.15, 0.2) is 0 Å². The Morgan fingerprint density at radius 3 is 1.28 bits per heavy atom. The Bertz CT molecular complexity index is 2990. The predicted molar refractivity (Wildman–Crippen MR) is 319 cm³/mol. The fraction of sp³-hybridized carbons (Fsp3) is 0.412. The molecule has 0 aromatic heterocycles. The van der Waals surface area contributed by atoms with Crippen molar-refractivity contribution in [1.82, 2.24) is 0 Å². The SMILES string of the molecule is CCC(C)C1=Cc2c(ccc(C)c2-c2cc(C(C)(C)C)cc(C(C)(C)C)c2)[CH]1[Zr]([Cl])([Cl])([c]1cccc2c1[SiH2]c1ccccc1-2)[CH]1C(C(C)CC)=Cc2c1ccc(C)c2-c1cc(C(C)(C)C)cc(C(C)(C)C)c1. The summed E-state index contributed by atoms with van der Waals surface area (Å²) in [6, 6.07) is 40.9. The van der Waals surface area contributed by atoms with Crippen LogP contribution in [0.1, 0.15) is 187 Å². The van der Waals surface area contributed by atoms with Crippen molar-refractivity contribution >= 4 is 52.3 Å². The summed E-state index contributed by atoms with van der Waals surface area (Å²) in [5.41, 5.74) is 24.1. The van der Waals surface area contributed by atoms with Crippen molar-refractivity contribution in [2.24, 2.45) is 11.8 Å². The summed E-state index contributed by atoms with van der Waals surface area (Å²) in [7, 11) is 18.5.